The molecule has 3 unspecified atom stereocenters. The first kappa shape index (κ1) is 14.8. The summed E-state index contributed by atoms with van der Waals surface area (Å²) in [5.41, 5.74) is 5.93. The van der Waals surface area contributed by atoms with Gasteiger partial charge in [-0.25, -0.2) is 0 Å². The smallest absolute Gasteiger partial charge is 0.223 e. The molecular formula is C16H30N2O. The maximum absolute atomic E-state index is 12.4. The Morgan fingerprint density at radius 2 is 2.05 bits per heavy atom. The lowest BCUT2D eigenvalue weighted by atomic mass is 9.79. The maximum Gasteiger partial charge on any atom is 0.223 e. The van der Waals surface area contributed by atoms with Gasteiger partial charge in [-0.1, -0.05) is 33.1 Å². The van der Waals surface area contributed by atoms with Crippen LogP contribution < -0.4 is 11.1 Å². The minimum Gasteiger partial charge on any atom is -0.353 e. The van der Waals surface area contributed by atoms with Crippen molar-refractivity contribution < 1.29 is 4.79 Å². The van der Waals surface area contributed by atoms with Gasteiger partial charge in [0.05, 0.1) is 0 Å². The van der Waals surface area contributed by atoms with Crippen molar-refractivity contribution in [1.29, 1.82) is 0 Å². The van der Waals surface area contributed by atoms with Crippen LogP contribution in [0.5, 0.6) is 0 Å². The highest BCUT2D eigenvalue weighted by molar-refractivity contribution is 5.79. The second kappa shape index (κ2) is 6.25. The third-order valence-electron chi connectivity index (χ3n) is 5.30. The minimum atomic E-state index is 0.238. The largest absolute Gasteiger partial charge is 0.353 e. The first-order chi connectivity index (χ1) is 9.03. The Bertz CT molecular complexity index is 312. The topological polar surface area (TPSA) is 55.1 Å². The lowest BCUT2D eigenvalue weighted by Crippen LogP contribution is -2.45. The molecule has 1 amide bonds. The molecule has 2 rings (SSSR count). The summed E-state index contributed by atoms with van der Waals surface area (Å²) in [5, 5.41) is 3.33. The molecule has 110 valence electrons. The molecule has 0 aromatic carbocycles. The third-order valence-corrected chi connectivity index (χ3v) is 5.30. The SMILES string of the molecule is CC1(C)CCCC1NC(=O)C1CCCC(CCN)C1. The fraction of sp³-hybridized carbons (Fsp3) is 0.938. The maximum atomic E-state index is 12.4. The molecule has 0 heterocycles. The van der Waals surface area contributed by atoms with E-state index >= 15 is 0 Å². The van der Waals surface area contributed by atoms with Crippen molar-refractivity contribution >= 4 is 5.91 Å². The molecule has 3 nitrogen and oxygen atoms in total. The van der Waals surface area contributed by atoms with Crippen molar-refractivity contribution in [2.45, 2.75) is 71.3 Å². The number of rotatable bonds is 4. The minimum absolute atomic E-state index is 0.238. The van der Waals surface area contributed by atoms with E-state index in [1.165, 1.54) is 25.7 Å². The molecular weight excluding hydrogens is 236 g/mol. The summed E-state index contributed by atoms with van der Waals surface area (Å²) >= 11 is 0. The van der Waals surface area contributed by atoms with E-state index in [1.54, 1.807) is 0 Å². The number of amides is 1. The highest BCUT2D eigenvalue weighted by Gasteiger charge is 2.37. The van der Waals surface area contributed by atoms with Crippen LogP contribution in [0.2, 0.25) is 0 Å². The van der Waals surface area contributed by atoms with Crippen molar-refractivity contribution in [1.82, 2.24) is 5.32 Å². The second-order valence-electron chi connectivity index (χ2n) is 7.25. The Morgan fingerprint density at radius 3 is 2.68 bits per heavy atom. The average molecular weight is 266 g/mol. The van der Waals surface area contributed by atoms with E-state index in [9.17, 15) is 4.79 Å². The third kappa shape index (κ3) is 3.71. The number of carbonyl (C=O) groups excluding carboxylic acids is 1. The number of nitrogens with two attached hydrogens (primary N) is 1. The number of hydrogen-bond acceptors (Lipinski definition) is 2. The highest BCUT2D eigenvalue weighted by Crippen LogP contribution is 2.38. The molecule has 0 aromatic rings. The van der Waals surface area contributed by atoms with Crippen molar-refractivity contribution in [2.75, 3.05) is 6.54 Å². The summed E-state index contributed by atoms with van der Waals surface area (Å²) in [6.07, 6.45) is 9.29. The van der Waals surface area contributed by atoms with Crippen LogP contribution in [0.25, 0.3) is 0 Å². The molecule has 2 aliphatic carbocycles. The molecule has 0 aliphatic heterocycles. The predicted octanol–water partition coefficient (Wildman–Crippen LogP) is 2.84. The molecule has 2 saturated carbocycles. The average Bonchev–Trinajstić information content (AvgIpc) is 2.69. The van der Waals surface area contributed by atoms with Crippen LogP contribution in [0.15, 0.2) is 0 Å². The summed E-state index contributed by atoms with van der Waals surface area (Å²) < 4.78 is 0. The molecule has 0 bridgehead atoms. The van der Waals surface area contributed by atoms with Gasteiger partial charge in [0.15, 0.2) is 0 Å². The van der Waals surface area contributed by atoms with Crippen molar-refractivity contribution in [2.24, 2.45) is 23.0 Å². The summed E-state index contributed by atoms with van der Waals surface area (Å²) in [4.78, 5) is 12.4. The van der Waals surface area contributed by atoms with Crippen LogP contribution in [0.1, 0.15) is 65.2 Å². The number of hydrogen-bond donors (Lipinski definition) is 2. The normalized spacial score (nSPS) is 34.2. The fourth-order valence-corrected chi connectivity index (χ4v) is 3.91. The lowest BCUT2D eigenvalue weighted by Gasteiger charge is -2.32. The van der Waals surface area contributed by atoms with Crippen LogP contribution in [0.4, 0.5) is 0 Å². The molecule has 3 atom stereocenters. The van der Waals surface area contributed by atoms with Gasteiger partial charge in [0.2, 0.25) is 5.91 Å². The molecule has 0 aromatic heterocycles. The van der Waals surface area contributed by atoms with E-state index in [0.717, 1.165) is 32.2 Å². The van der Waals surface area contributed by atoms with Crippen LogP contribution in [-0.2, 0) is 4.79 Å². The van der Waals surface area contributed by atoms with Crippen LogP contribution >= 0.6 is 0 Å². The molecule has 3 heteroatoms. The number of nitrogens with one attached hydrogen (secondary N) is 1. The summed E-state index contributed by atoms with van der Waals surface area (Å²) in [7, 11) is 0. The van der Waals surface area contributed by atoms with E-state index in [1.807, 2.05) is 0 Å². The van der Waals surface area contributed by atoms with E-state index in [0.29, 0.717) is 17.9 Å². The molecule has 0 saturated heterocycles. The summed E-state index contributed by atoms with van der Waals surface area (Å²) in [5.74, 6) is 1.22. The summed E-state index contributed by atoms with van der Waals surface area (Å²) in [6.45, 7) is 5.32. The Labute approximate surface area is 117 Å². The van der Waals surface area contributed by atoms with Gasteiger partial charge in [0, 0.05) is 12.0 Å². The molecule has 19 heavy (non-hydrogen) atoms. The van der Waals surface area contributed by atoms with Crippen molar-refractivity contribution in [3.63, 3.8) is 0 Å². The Morgan fingerprint density at radius 1 is 1.26 bits per heavy atom. The van der Waals surface area contributed by atoms with E-state index in [-0.39, 0.29) is 11.3 Å². The van der Waals surface area contributed by atoms with Gasteiger partial charge in [-0.05, 0) is 50.0 Å². The molecule has 0 radical (unpaired) electrons. The number of carbonyl (C=O) groups is 1. The fourth-order valence-electron chi connectivity index (χ4n) is 3.91. The van der Waals surface area contributed by atoms with Crippen LogP contribution in [0.3, 0.4) is 0 Å². The summed E-state index contributed by atoms with van der Waals surface area (Å²) in [6, 6.07) is 0.384. The van der Waals surface area contributed by atoms with Crippen LogP contribution in [0, 0.1) is 17.3 Å². The lowest BCUT2D eigenvalue weighted by molar-refractivity contribution is -0.127. The first-order valence-corrected chi connectivity index (χ1v) is 8.03. The van der Waals surface area contributed by atoms with Gasteiger partial charge in [-0.2, -0.15) is 0 Å². The molecule has 0 spiro atoms. The zero-order valence-corrected chi connectivity index (χ0v) is 12.6. The monoisotopic (exact) mass is 266 g/mol. The first-order valence-electron chi connectivity index (χ1n) is 8.03. The van der Waals surface area contributed by atoms with Gasteiger partial charge in [0.1, 0.15) is 0 Å². The Hall–Kier alpha value is -0.570. The highest BCUT2D eigenvalue weighted by atomic mass is 16.1. The zero-order valence-electron chi connectivity index (χ0n) is 12.6. The Kier molecular flexibility index (Phi) is 4.88. The molecule has 2 fully saturated rings. The predicted molar refractivity (Wildman–Crippen MR) is 78.7 cm³/mol. The van der Waals surface area contributed by atoms with Gasteiger partial charge >= 0.3 is 0 Å². The standard InChI is InChI=1S/C16H30N2O/c1-16(2)9-4-7-14(16)18-15(19)13-6-3-5-12(11-13)8-10-17/h12-14H,3-11,17H2,1-2H3,(H,18,19). The van der Waals surface area contributed by atoms with E-state index in [2.05, 4.69) is 19.2 Å². The van der Waals surface area contributed by atoms with Crippen molar-refractivity contribution in [3.8, 4) is 0 Å². The Balaban J connectivity index is 1.85. The van der Waals surface area contributed by atoms with Gasteiger partial charge < -0.3 is 11.1 Å². The van der Waals surface area contributed by atoms with Crippen LogP contribution in [-0.4, -0.2) is 18.5 Å². The molecule has 2 aliphatic rings. The van der Waals surface area contributed by atoms with Gasteiger partial charge in [-0.3, -0.25) is 4.79 Å². The van der Waals surface area contributed by atoms with E-state index < -0.39 is 0 Å². The van der Waals surface area contributed by atoms with E-state index in [4.69, 9.17) is 5.73 Å². The van der Waals surface area contributed by atoms with Gasteiger partial charge in [0.25, 0.3) is 0 Å². The molecule has 3 N–H and O–H groups in total. The van der Waals surface area contributed by atoms with Crippen molar-refractivity contribution in [3.05, 3.63) is 0 Å². The quantitative estimate of drug-likeness (QED) is 0.822. The zero-order chi connectivity index (χ0) is 13.9. The second-order valence-corrected chi connectivity index (χ2v) is 7.25. The van der Waals surface area contributed by atoms with Gasteiger partial charge in [-0.15, -0.1) is 0 Å².